The van der Waals surface area contributed by atoms with Gasteiger partial charge in [-0.3, -0.25) is 4.68 Å². The highest BCUT2D eigenvalue weighted by Gasteiger charge is 2.11. The summed E-state index contributed by atoms with van der Waals surface area (Å²) in [5.74, 6) is 0. The molecule has 0 aliphatic carbocycles. The van der Waals surface area contributed by atoms with E-state index in [-0.39, 0.29) is 0 Å². The first kappa shape index (κ1) is 14.5. The fraction of sp³-hybridized carbons (Fsp3) is 0.333. The predicted octanol–water partition coefficient (Wildman–Crippen LogP) is 2.59. The molecular formula is C15H20N4S. The van der Waals surface area contributed by atoms with Gasteiger partial charge < -0.3 is 11.1 Å². The summed E-state index contributed by atoms with van der Waals surface area (Å²) in [6, 6.07) is 6.04. The lowest BCUT2D eigenvalue weighted by Gasteiger charge is -2.12. The SMILES string of the molecule is Cc1ccc(C(N)=S)c(NCc2c(C)nn(C)c2C)c1. The second kappa shape index (κ2) is 5.63. The molecule has 2 aromatic rings. The molecule has 0 amide bonds. The van der Waals surface area contributed by atoms with Crippen LogP contribution >= 0.6 is 12.2 Å². The van der Waals surface area contributed by atoms with Crippen LogP contribution in [0.5, 0.6) is 0 Å². The van der Waals surface area contributed by atoms with Gasteiger partial charge in [-0.15, -0.1) is 0 Å². The third kappa shape index (κ3) is 2.82. The second-order valence-electron chi connectivity index (χ2n) is 5.04. The largest absolute Gasteiger partial charge is 0.389 e. The predicted molar refractivity (Wildman–Crippen MR) is 87.1 cm³/mol. The van der Waals surface area contributed by atoms with Crippen molar-refractivity contribution in [2.24, 2.45) is 12.8 Å². The van der Waals surface area contributed by atoms with E-state index >= 15 is 0 Å². The molecule has 0 aliphatic heterocycles. The van der Waals surface area contributed by atoms with Crippen LogP contribution in [0, 0.1) is 20.8 Å². The molecule has 0 aliphatic rings. The average Bonchev–Trinajstić information content (AvgIpc) is 2.61. The molecule has 20 heavy (non-hydrogen) atoms. The zero-order valence-electron chi connectivity index (χ0n) is 12.3. The molecule has 106 valence electrons. The van der Waals surface area contributed by atoms with Crippen LogP contribution in [0.1, 0.15) is 28.1 Å². The van der Waals surface area contributed by atoms with E-state index in [1.54, 1.807) is 0 Å². The highest BCUT2D eigenvalue weighted by atomic mass is 32.1. The van der Waals surface area contributed by atoms with Crippen molar-refractivity contribution in [3.63, 3.8) is 0 Å². The number of anilines is 1. The molecule has 0 fully saturated rings. The smallest absolute Gasteiger partial charge is 0.106 e. The number of hydrogen-bond donors (Lipinski definition) is 2. The molecule has 2 rings (SSSR count). The van der Waals surface area contributed by atoms with Crippen molar-refractivity contribution >= 4 is 22.9 Å². The fourth-order valence-corrected chi connectivity index (χ4v) is 2.45. The summed E-state index contributed by atoms with van der Waals surface area (Å²) in [6.45, 7) is 6.86. The topological polar surface area (TPSA) is 55.9 Å². The van der Waals surface area contributed by atoms with Gasteiger partial charge in [-0.2, -0.15) is 5.10 Å². The van der Waals surface area contributed by atoms with Crippen molar-refractivity contribution in [1.82, 2.24) is 9.78 Å². The summed E-state index contributed by atoms with van der Waals surface area (Å²) in [7, 11) is 1.96. The van der Waals surface area contributed by atoms with Crippen molar-refractivity contribution in [3.8, 4) is 0 Å². The molecule has 5 heteroatoms. The van der Waals surface area contributed by atoms with Crippen LogP contribution in [-0.4, -0.2) is 14.8 Å². The van der Waals surface area contributed by atoms with Crippen LogP contribution in [0.25, 0.3) is 0 Å². The number of rotatable bonds is 4. The van der Waals surface area contributed by atoms with E-state index in [9.17, 15) is 0 Å². The zero-order chi connectivity index (χ0) is 14.9. The molecule has 1 aromatic heterocycles. The maximum Gasteiger partial charge on any atom is 0.106 e. The molecule has 0 atom stereocenters. The number of nitrogens with one attached hydrogen (secondary N) is 1. The van der Waals surface area contributed by atoms with Crippen molar-refractivity contribution in [2.45, 2.75) is 27.3 Å². The quantitative estimate of drug-likeness (QED) is 0.849. The Morgan fingerprint density at radius 3 is 2.60 bits per heavy atom. The monoisotopic (exact) mass is 288 g/mol. The minimum atomic E-state index is 0.409. The van der Waals surface area contributed by atoms with Crippen molar-refractivity contribution in [2.75, 3.05) is 5.32 Å². The van der Waals surface area contributed by atoms with E-state index < -0.39 is 0 Å². The highest BCUT2D eigenvalue weighted by molar-refractivity contribution is 7.80. The number of nitrogens with two attached hydrogens (primary N) is 1. The van der Waals surface area contributed by atoms with Crippen LogP contribution in [0.4, 0.5) is 5.69 Å². The van der Waals surface area contributed by atoms with Gasteiger partial charge in [-0.05, 0) is 38.5 Å². The molecule has 3 N–H and O–H groups in total. The molecule has 0 radical (unpaired) electrons. The lowest BCUT2D eigenvalue weighted by molar-refractivity contribution is 0.730. The Kier molecular flexibility index (Phi) is 4.09. The van der Waals surface area contributed by atoms with E-state index in [1.807, 2.05) is 30.8 Å². The van der Waals surface area contributed by atoms with Gasteiger partial charge in [0.05, 0.1) is 5.69 Å². The van der Waals surface area contributed by atoms with Gasteiger partial charge in [-0.25, -0.2) is 0 Å². The normalized spacial score (nSPS) is 10.6. The molecule has 0 unspecified atom stereocenters. The molecule has 4 nitrogen and oxygen atoms in total. The molecule has 0 spiro atoms. The number of hydrogen-bond acceptors (Lipinski definition) is 3. The summed E-state index contributed by atoms with van der Waals surface area (Å²) >= 11 is 5.10. The number of thiocarbonyl (C=S) groups is 1. The summed E-state index contributed by atoms with van der Waals surface area (Å²) in [4.78, 5) is 0.409. The third-order valence-electron chi connectivity index (χ3n) is 3.56. The van der Waals surface area contributed by atoms with Gasteiger partial charge in [0.15, 0.2) is 0 Å². The fourth-order valence-electron chi connectivity index (χ4n) is 2.28. The molecule has 1 heterocycles. The van der Waals surface area contributed by atoms with Crippen LogP contribution in [-0.2, 0) is 13.6 Å². The Morgan fingerprint density at radius 1 is 1.35 bits per heavy atom. The lowest BCUT2D eigenvalue weighted by Crippen LogP contribution is -2.13. The zero-order valence-corrected chi connectivity index (χ0v) is 13.1. The lowest BCUT2D eigenvalue weighted by atomic mass is 10.1. The van der Waals surface area contributed by atoms with Gasteiger partial charge in [-0.1, -0.05) is 18.3 Å². The van der Waals surface area contributed by atoms with E-state index in [1.165, 1.54) is 16.8 Å². The Hall–Kier alpha value is -1.88. The third-order valence-corrected chi connectivity index (χ3v) is 3.77. The van der Waals surface area contributed by atoms with E-state index in [2.05, 4.69) is 30.3 Å². The van der Waals surface area contributed by atoms with Gasteiger partial charge in [0.1, 0.15) is 4.99 Å². The Bertz CT molecular complexity index is 658. The van der Waals surface area contributed by atoms with Gasteiger partial charge in [0, 0.05) is 36.1 Å². The number of benzene rings is 1. The van der Waals surface area contributed by atoms with Gasteiger partial charge >= 0.3 is 0 Å². The Morgan fingerprint density at radius 2 is 2.05 bits per heavy atom. The first-order chi connectivity index (χ1) is 9.40. The van der Waals surface area contributed by atoms with Crippen molar-refractivity contribution in [3.05, 3.63) is 46.3 Å². The first-order valence-corrected chi connectivity index (χ1v) is 6.94. The van der Waals surface area contributed by atoms with E-state index in [4.69, 9.17) is 18.0 Å². The van der Waals surface area contributed by atoms with Crippen LogP contribution in [0.15, 0.2) is 18.2 Å². The average molecular weight is 288 g/mol. The summed E-state index contributed by atoms with van der Waals surface area (Å²) < 4.78 is 1.90. The second-order valence-corrected chi connectivity index (χ2v) is 5.48. The van der Waals surface area contributed by atoms with Crippen LogP contribution < -0.4 is 11.1 Å². The molecule has 0 bridgehead atoms. The van der Waals surface area contributed by atoms with Gasteiger partial charge in [0.25, 0.3) is 0 Å². The molecular weight excluding hydrogens is 268 g/mol. The summed E-state index contributed by atoms with van der Waals surface area (Å²) in [6.07, 6.45) is 0. The summed E-state index contributed by atoms with van der Waals surface area (Å²) in [5, 5.41) is 7.85. The summed E-state index contributed by atoms with van der Waals surface area (Å²) in [5.41, 5.74) is 12.2. The highest BCUT2D eigenvalue weighted by Crippen LogP contribution is 2.20. The van der Waals surface area contributed by atoms with E-state index in [0.717, 1.165) is 16.9 Å². The van der Waals surface area contributed by atoms with E-state index in [0.29, 0.717) is 11.5 Å². The Labute approximate surface area is 125 Å². The minimum absolute atomic E-state index is 0.409. The maximum atomic E-state index is 5.77. The number of nitrogens with zero attached hydrogens (tertiary/aromatic N) is 2. The molecule has 0 saturated carbocycles. The standard InChI is InChI=1S/C15H20N4S/c1-9-5-6-12(15(16)20)14(7-9)17-8-13-10(2)18-19(4)11(13)3/h5-7,17H,8H2,1-4H3,(H2,16,20). The van der Waals surface area contributed by atoms with Crippen molar-refractivity contribution < 1.29 is 0 Å². The maximum absolute atomic E-state index is 5.77. The first-order valence-electron chi connectivity index (χ1n) is 6.53. The molecule has 1 aromatic carbocycles. The number of aromatic nitrogens is 2. The van der Waals surface area contributed by atoms with Crippen molar-refractivity contribution in [1.29, 1.82) is 0 Å². The van der Waals surface area contributed by atoms with Crippen LogP contribution in [0.2, 0.25) is 0 Å². The van der Waals surface area contributed by atoms with Crippen LogP contribution in [0.3, 0.4) is 0 Å². The Balaban J connectivity index is 2.27. The number of aryl methyl sites for hydroxylation is 3. The minimum Gasteiger partial charge on any atom is -0.389 e. The van der Waals surface area contributed by atoms with Gasteiger partial charge in [0.2, 0.25) is 0 Å². The molecule has 0 saturated heterocycles.